The molecule has 0 unspecified atom stereocenters. The highest BCUT2D eigenvalue weighted by Gasteiger charge is 2.28. The van der Waals surface area contributed by atoms with Crippen LogP contribution in [0.5, 0.6) is 0 Å². The van der Waals surface area contributed by atoms with Crippen LogP contribution >= 0.6 is 11.3 Å². The summed E-state index contributed by atoms with van der Waals surface area (Å²) < 4.78 is 0.947. The van der Waals surface area contributed by atoms with E-state index in [1.54, 1.807) is 6.07 Å². The predicted octanol–water partition coefficient (Wildman–Crippen LogP) is 1.63. The van der Waals surface area contributed by atoms with Crippen molar-refractivity contribution in [1.29, 1.82) is 0 Å². The minimum atomic E-state index is -0.413. The SMILES string of the molecule is O=[N+]([O-])c1ccc2sc(N3CC(CO)C3)nc2c1. The number of anilines is 1. The molecule has 0 radical (unpaired) electrons. The Morgan fingerprint density at radius 3 is 3.00 bits per heavy atom. The first-order valence-electron chi connectivity index (χ1n) is 5.58. The second-order valence-electron chi connectivity index (χ2n) is 4.36. The van der Waals surface area contributed by atoms with Gasteiger partial charge in [0.2, 0.25) is 0 Å². The van der Waals surface area contributed by atoms with Crippen molar-refractivity contribution in [2.24, 2.45) is 5.92 Å². The van der Waals surface area contributed by atoms with E-state index < -0.39 is 4.92 Å². The number of aliphatic hydroxyl groups is 1. The number of non-ortho nitro benzene ring substituents is 1. The lowest BCUT2D eigenvalue weighted by atomic mass is 10.0. The number of nitrogens with zero attached hydrogens (tertiary/aromatic N) is 3. The summed E-state index contributed by atoms with van der Waals surface area (Å²) in [6.07, 6.45) is 0. The van der Waals surface area contributed by atoms with Crippen molar-refractivity contribution in [2.75, 3.05) is 24.6 Å². The fraction of sp³-hybridized carbons (Fsp3) is 0.364. The van der Waals surface area contributed by atoms with Gasteiger partial charge < -0.3 is 10.0 Å². The van der Waals surface area contributed by atoms with Gasteiger partial charge in [0, 0.05) is 37.7 Å². The molecule has 1 aromatic carbocycles. The highest BCUT2D eigenvalue weighted by Crippen LogP contribution is 2.34. The van der Waals surface area contributed by atoms with Gasteiger partial charge in [-0.3, -0.25) is 10.1 Å². The molecule has 3 rings (SSSR count). The van der Waals surface area contributed by atoms with E-state index in [1.807, 2.05) is 0 Å². The summed E-state index contributed by atoms with van der Waals surface area (Å²) in [7, 11) is 0. The third kappa shape index (κ3) is 1.81. The van der Waals surface area contributed by atoms with E-state index >= 15 is 0 Å². The Morgan fingerprint density at radius 2 is 2.33 bits per heavy atom. The van der Waals surface area contributed by atoms with Crippen LogP contribution < -0.4 is 4.90 Å². The molecule has 7 heteroatoms. The molecule has 0 saturated carbocycles. The lowest BCUT2D eigenvalue weighted by molar-refractivity contribution is -0.384. The first-order chi connectivity index (χ1) is 8.67. The summed E-state index contributed by atoms with van der Waals surface area (Å²) in [6.45, 7) is 1.81. The van der Waals surface area contributed by atoms with E-state index in [2.05, 4.69) is 9.88 Å². The minimum Gasteiger partial charge on any atom is -0.396 e. The van der Waals surface area contributed by atoms with E-state index in [-0.39, 0.29) is 12.3 Å². The molecule has 1 saturated heterocycles. The van der Waals surface area contributed by atoms with Gasteiger partial charge in [0.25, 0.3) is 5.69 Å². The maximum atomic E-state index is 10.7. The van der Waals surface area contributed by atoms with Crippen LogP contribution in [0.3, 0.4) is 0 Å². The van der Waals surface area contributed by atoms with Crippen LogP contribution in [0.2, 0.25) is 0 Å². The highest BCUT2D eigenvalue weighted by molar-refractivity contribution is 7.22. The van der Waals surface area contributed by atoms with Crippen LogP contribution in [0, 0.1) is 16.0 Å². The number of hydrogen-bond acceptors (Lipinski definition) is 6. The van der Waals surface area contributed by atoms with Crippen LogP contribution in [-0.2, 0) is 0 Å². The molecule has 2 aromatic rings. The van der Waals surface area contributed by atoms with E-state index in [0.717, 1.165) is 22.9 Å². The van der Waals surface area contributed by atoms with Gasteiger partial charge in [0.15, 0.2) is 5.13 Å². The number of nitro benzene ring substituents is 1. The monoisotopic (exact) mass is 265 g/mol. The van der Waals surface area contributed by atoms with Crippen LogP contribution in [0.25, 0.3) is 10.2 Å². The molecule has 0 spiro atoms. The molecular formula is C11H11N3O3S. The first kappa shape index (κ1) is 11.4. The van der Waals surface area contributed by atoms with Gasteiger partial charge in [0.05, 0.1) is 15.1 Å². The molecule has 1 aliphatic heterocycles. The van der Waals surface area contributed by atoms with E-state index in [0.29, 0.717) is 11.4 Å². The molecule has 94 valence electrons. The molecule has 1 fully saturated rings. The normalized spacial score (nSPS) is 15.9. The Kier molecular flexibility index (Phi) is 2.64. The average molecular weight is 265 g/mol. The van der Waals surface area contributed by atoms with Gasteiger partial charge in [-0.1, -0.05) is 11.3 Å². The molecular weight excluding hydrogens is 254 g/mol. The third-order valence-corrected chi connectivity index (χ3v) is 4.15. The number of benzene rings is 1. The molecule has 1 aromatic heterocycles. The lowest BCUT2D eigenvalue weighted by Gasteiger charge is -2.37. The van der Waals surface area contributed by atoms with Crippen molar-refractivity contribution >= 4 is 32.4 Å². The Labute approximate surface area is 107 Å². The van der Waals surface area contributed by atoms with Gasteiger partial charge in [-0.15, -0.1) is 0 Å². The Morgan fingerprint density at radius 1 is 1.56 bits per heavy atom. The highest BCUT2D eigenvalue weighted by atomic mass is 32.1. The standard InChI is InChI=1S/C11H11N3O3S/c15-6-7-4-13(5-7)11-12-9-3-8(14(16)17)1-2-10(9)18-11/h1-3,7,15H,4-6H2. The van der Waals surface area contributed by atoms with Gasteiger partial charge in [-0.05, 0) is 6.07 Å². The van der Waals surface area contributed by atoms with Gasteiger partial charge in [-0.25, -0.2) is 4.98 Å². The maximum absolute atomic E-state index is 10.7. The summed E-state index contributed by atoms with van der Waals surface area (Å²) in [4.78, 5) is 16.8. The lowest BCUT2D eigenvalue weighted by Crippen LogP contribution is -2.48. The molecule has 0 amide bonds. The van der Waals surface area contributed by atoms with Crippen molar-refractivity contribution < 1.29 is 10.0 Å². The fourth-order valence-corrected chi connectivity index (χ4v) is 2.96. The number of hydrogen-bond donors (Lipinski definition) is 1. The molecule has 6 nitrogen and oxygen atoms in total. The van der Waals surface area contributed by atoms with Gasteiger partial charge in [0.1, 0.15) is 0 Å². The van der Waals surface area contributed by atoms with Crippen LogP contribution in [0.4, 0.5) is 10.8 Å². The number of fused-ring (bicyclic) bond motifs is 1. The van der Waals surface area contributed by atoms with Crippen LogP contribution in [0.1, 0.15) is 0 Å². The second kappa shape index (κ2) is 4.18. The molecule has 1 aliphatic rings. The van der Waals surface area contributed by atoms with E-state index in [4.69, 9.17) is 5.11 Å². The zero-order valence-electron chi connectivity index (χ0n) is 9.44. The van der Waals surface area contributed by atoms with Gasteiger partial charge in [-0.2, -0.15) is 0 Å². The van der Waals surface area contributed by atoms with Crippen molar-refractivity contribution in [1.82, 2.24) is 4.98 Å². The summed E-state index contributed by atoms with van der Waals surface area (Å²) in [5, 5.41) is 20.5. The summed E-state index contributed by atoms with van der Waals surface area (Å²) >= 11 is 1.52. The molecule has 18 heavy (non-hydrogen) atoms. The molecule has 0 atom stereocenters. The topological polar surface area (TPSA) is 79.5 Å². The maximum Gasteiger partial charge on any atom is 0.271 e. The molecule has 2 heterocycles. The molecule has 0 bridgehead atoms. The van der Waals surface area contributed by atoms with E-state index in [9.17, 15) is 10.1 Å². The predicted molar refractivity (Wildman–Crippen MR) is 69.1 cm³/mol. The number of rotatable bonds is 3. The zero-order chi connectivity index (χ0) is 12.7. The number of aliphatic hydroxyl groups excluding tert-OH is 1. The Balaban J connectivity index is 1.89. The smallest absolute Gasteiger partial charge is 0.271 e. The number of aromatic nitrogens is 1. The van der Waals surface area contributed by atoms with Crippen molar-refractivity contribution in [3.8, 4) is 0 Å². The van der Waals surface area contributed by atoms with Crippen molar-refractivity contribution in [2.45, 2.75) is 0 Å². The first-order valence-corrected chi connectivity index (χ1v) is 6.40. The van der Waals surface area contributed by atoms with Crippen LogP contribution in [-0.4, -0.2) is 34.7 Å². The quantitative estimate of drug-likeness (QED) is 0.674. The van der Waals surface area contributed by atoms with Gasteiger partial charge >= 0.3 is 0 Å². The molecule has 1 N–H and O–H groups in total. The second-order valence-corrected chi connectivity index (χ2v) is 5.37. The average Bonchev–Trinajstić information content (AvgIpc) is 2.69. The zero-order valence-corrected chi connectivity index (χ0v) is 10.3. The third-order valence-electron chi connectivity index (χ3n) is 3.06. The number of thiazole rings is 1. The fourth-order valence-electron chi connectivity index (χ4n) is 1.99. The Bertz CT molecular complexity index is 607. The summed E-state index contributed by atoms with van der Waals surface area (Å²) in [5.74, 6) is 0.325. The van der Waals surface area contributed by atoms with Crippen molar-refractivity contribution in [3.63, 3.8) is 0 Å². The molecule has 0 aliphatic carbocycles. The number of nitro groups is 1. The van der Waals surface area contributed by atoms with Crippen LogP contribution in [0.15, 0.2) is 18.2 Å². The van der Waals surface area contributed by atoms with Crippen molar-refractivity contribution in [3.05, 3.63) is 28.3 Å². The minimum absolute atomic E-state index is 0.0659. The van der Waals surface area contributed by atoms with E-state index in [1.165, 1.54) is 23.5 Å². The Hall–Kier alpha value is -1.73. The summed E-state index contributed by atoms with van der Waals surface area (Å²) in [6, 6.07) is 4.73. The summed E-state index contributed by atoms with van der Waals surface area (Å²) in [5.41, 5.74) is 0.729. The largest absolute Gasteiger partial charge is 0.396 e.